The normalized spacial score (nSPS) is 12.6. The summed E-state index contributed by atoms with van der Waals surface area (Å²) in [5, 5.41) is 17.2. The molecular formula is C15H19NOS. The van der Waals surface area contributed by atoms with Gasteiger partial charge in [0.05, 0.1) is 6.10 Å². The molecule has 1 atom stereocenters. The number of nitrogens with one attached hydrogen (secondary N) is 1. The molecule has 18 heavy (non-hydrogen) atoms. The first kappa shape index (κ1) is 13.3. The summed E-state index contributed by atoms with van der Waals surface area (Å²) in [4.78, 5) is 0. The molecule has 96 valence electrons. The standard InChI is InChI=1S/C15H19NOS/c1-11-5-12(2)7-13(6-11)8-16-9-15(17)14-3-4-18-10-14/h3-7,10,15-17H,8-9H2,1-2H3. The van der Waals surface area contributed by atoms with Gasteiger partial charge in [-0.15, -0.1) is 0 Å². The highest BCUT2D eigenvalue weighted by Crippen LogP contribution is 2.15. The van der Waals surface area contributed by atoms with Crippen LogP contribution in [0.3, 0.4) is 0 Å². The van der Waals surface area contributed by atoms with Gasteiger partial charge >= 0.3 is 0 Å². The number of aliphatic hydroxyl groups is 1. The third kappa shape index (κ3) is 3.67. The smallest absolute Gasteiger partial charge is 0.0922 e. The molecule has 1 unspecified atom stereocenters. The highest BCUT2D eigenvalue weighted by molar-refractivity contribution is 7.07. The van der Waals surface area contributed by atoms with Crippen molar-refractivity contribution in [2.45, 2.75) is 26.5 Å². The lowest BCUT2D eigenvalue weighted by molar-refractivity contribution is 0.175. The Kier molecular flexibility index (Phi) is 4.53. The van der Waals surface area contributed by atoms with Gasteiger partial charge in [0.15, 0.2) is 0 Å². The molecular weight excluding hydrogens is 242 g/mol. The van der Waals surface area contributed by atoms with Gasteiger partial charge in [0.1, 0.15) is 0 Å². The predicted octanol–water partition coefficient (Wildman–Crippen LogP) is 3.19. The van der Waals surface area contributed by atoms with Crippen LogP contribution in [0, 0.1) is 13.8 Å². The van der Waals surface area contributed by atoms with Crippen molar-refractivity contribution >= 4 is 11.3 Å². The molecule has 0 amide bonds. The lowest BCUT2D eigenvalue weighted by atomic mass is 10.1. The van der Waals surface area contributed by atoms with Gasteiger partial charge in [-0.2, -0.15) is 11.3 Å². The van der Waals surface area contributed by atoms with Gasteiger partial charge in [-0.1, -0.05) is 29.3 Å². The largest absolute Gasteiger partial charge is 0.387 e. The molecule has 0 aliphatic heterocycles. The number of hydrogen-bond acceptors (Lipinski definition) is 3. The average Bonchev–Trinajstić information content (AvgIpc) is 2.80. The molecule has 3 heteroatoms. The quantitative estimate of drug-likeness (QED) is 0.866. The number of aryl methyl sites for hydroxylation is 2. The minimum atomic E-state index is -0.415. The van der Waals surface area contributed by atoms with Crippen LogP contribution in [0.5, 0.6) is 0 Å². The zero-order chi connectivity index (χ0) is 13.0. The lowest BCUT2D eigenvalue weighted by Crippen LogP contribution is -2.20. The van der Waals surface area contributed by atoms with E-state index in [0.29, 0.717) is 6.54 Å². The van der Waals surface area contributed by atoms with Gasteiger partial charge in [0, 0.05) is 13.1 Å². The lowest BCUT2D eigenvalue weighted by Gasteiger charge is -2.11. The summed E-state index contributed by atoms with van der Waals surface area (Å²) in [5.74, 6) is 0. The van der Waals surface area contributed by atoms with Crippen molar-refractivity contribution in [3.05, 3.63) is 57.3 Å². The fourth-order valence-electron chi connectivity index (χ4n) is 2.11. The fourth-order valence-corrected chi connectivity index (χ4v) is 2.81. The summed E-state index contributed by atoms with van der Waals surface area (Å²) in [6.45, 7) is 5.60. The second-order valence-electron chi connectivity index (χ2n) is 4.70. The Morgan fingerprint density at radius 1 is 1.22 bits per heavy atom. The molecule has 0 aliphatic rings. The number of benzene rings is 1. The maximum atomic E-state index is 9.94. The van der Waals surface area contributed by atoms with Crippen LogP contribution in [-0.4, -0.2) is 11.7 Å². The molecule has 0 spiro atoms. The number of hydrogen-bond donors (Lipinski definition) is 2. The highest BCUT2D eigenvalue weighted by atomic mass is 32.1. The van der Waals surface area contributed by atoms with E-state index in [9.17, 15) is 5.11 Å². The van der Waals surface area contributed by atoms with Gasteiger partial charge < -0.3 is 10.4 Å². The summed E-state index contributed by atoms with van der Waals surface area (Å²) in [6.07, 6.45) is -0.415. The molecule has 2 nitrogen and oxygen atoms in total. The monoisotopic (exact) mass is 261 g/mol. The molecule has 2 N–H and O–H groups in total. The first-order valence-electron chi connectivity index (χ1n) is 6.13. The van der Waals surface area contributed by atoms with Crippen molar-refractivity contribution in [2.75, 3.05) is 6.54 Å². The van der Waals surface area contributed by atoms with Crippen LogP contribution in [0.4, 0.5) is 0 Å². The van der Waals surface area contributed by atoms with Crippen LogP contribution < -0.4 is 5.32 Å². The first-order valence-corrected chi connectivity index (χ1v) is 7.07. The molecule has 1 aromatic carbocycles. The number of aliphatic hydroxyl groups excluding tert-OH is 1. The first-order chi connectivity index (χ1) is 8.65. The van der Waals surface area contributed by atoms with E-state index < -0.39 is 6.10 Å². The Hall–Kier alpha value is -1.16. The van der Waals surface area contributed by atoms with Crippen molar-refractivity contribution in [3.63, 3.8) is 0 Å². The molecule has 0 fully saturated rings. The van der Waals surface area contributed by atoms with E-state index >= 15 is 0 Å². The van der Waals surface area contributed by atoms with Crippen LogP contribution >= 0.6 is 11.3 Å². The van der Waals surface area contributed by atoms with Crippen molar-refractivity contribution in [3.8, 4) is 0 Å². The maximum absolute atomic E-state index is 9.94. The van der Waals surface area contributed by atoms with E-state index in [-0.39, 0.29) is 0 Å². The molecule has 1 heterocycles. The molecule has 0 bridgehead atoms. The van der Waals surface area contributed by atoms with Crippen molar-refractivity contribution < 1.29 is 5.11 Å². The minimum absolute atomic E-state index is 0.415. The maximum Gasteiger partial charge on any atom is 0.0922 e. The Morgan fingerprint density at radius 2 is 1.94 bits per heavy atom. The van der Waals surface area contributed by atoms with E-state index in [1.807, 2.05) is 16.8 Å². The third-order valence-electron chi connectivity index (χ3n) is 2.88. The molecule has 1 aromatic heterocycles. The second-order valence-corrected chi connectivity index (χ2v) is 5.48. The molecule has 0 radical (unpaired) electrons. The molecule has 0 saturated carbocycles. The van der Waals surface area contributed by atoms with Crippen LogP contribution in [0.15, 0.2) is 35.0 Å². The van der Waals surface area contributed by atoms with E-state index in [2.05, 4.69) is 37.4 Å². The van der Waals surface area contributed by atoms with E-state index in [4.69, 9.17) is 0 Å². The molecule has 0 aliphatic carbocycles. The third-order valence-corrected chi connectivity index (χ3v) is 3.58. The Bertz CT molecular complexity index is 473. The molecule has 2 aromatic rings. The molecule has 2 rings (SSSR count). The van der Waals surface area contributed by atoms with Gasteiger partial charge in [-0.05, 0) is 41.8 Å². The number of rotatable bonds is 5. The van der Waals surface area contributed by atoms with E-state index in [1.165, 1.54) is 16.7 Å². The van der Waals surface area contributed by atoms with Gasteiger partial charge in [-0.3, -0.25) is 0 Å². The van der Waals surface area contributed by atoms with Crippen molar-refractivity contribution in [1.82, 2.24) is 5.32 Å². The fraction of sp³-hybridized carbons (Fsp3) is 0.333. The molecule has 0 saturated heterocycles. The minimum Gasteiger partial charge on any atom is -0.387 e. The van der Waals surface area contributed by atoms with Crippen LogP contribution in [0.25, 0.3) is 0 Å². The zero-order valence-electron chi connectivity index (χ0n) is 10.8. The average molecular weight is 261 g/mol. The summed E-state index contributed by atoms with van der Waals surface area (Å²) in [5.41, 5.74) is 4.83. The van der Waals surface area contributed by atoms with Crippen LogP contribution in [0.1, 0.15) is 28.4 Å². The second kappa shape index (κ2) is 6.14. The van der Waals surface area contributed by atoms with Crippen LogP contribution in [0.2, 0.25) is 0 Å². The summed E-state index contributed by atoms with van der Waals surface area (Å²) < 4.78 is 0. The van der Waals surface area contributed by atoms with E-state index in [1.54, 1.807) is 11.3 Å². The van der Waals surface area contributed by atoms with Gasteiger partial charge in [0.25, 0.3) is 0 Å². The predicted molar refractivity (Wildman–Crippen MR) is 76.9 cm³/mol. The number of thiophene rings is 1. The Balaban J connectivity index is 1.85. The zero-order valence-corrected chi connectivity index (χ0v) is 11.6. The summed E-state index contributed by atoms with van der Waals surface area (Å²) in [6, 6.07) is 8.49. The van der Waals surface area contributed by atoms with E-state index in [0.717, 1.165) is 12.1 Å². The van der Waals surface area contributed by atoms with Crippen LogP contribution in [-0.2, 0) is 6.54 Å². The van der Waals surface area contributed by atoms with Gasteiger partial charge in [0.2, 0.25) is 0 Å². The summed E-state index contributed by atoms with van der Waals surface area (Å²) >= 11 is 1.61. The Morgan fingerprint density at radius 3 is 2.56 bits per heavy atom. The topological polar surface area (TPSA) is 32.3 Å². The van der Waals surface area contributed by atoms with Crippen molar-refractivity contribution in [1.29, 1.82) is 0 Å². The van der Waals surface area contributed by atoms with Crippen molar-refractivity contribution in [2.24, 2.45) is 0 Å². The van der Waals surface area contributed by atoms with Gasteiger partial charge in [-0.25, -0.2) is 0 Å². The summed E-state index contributed by atoms with van der Waals surface area (Å²) in [7, 11) is 0. The Labute approximate surface area is 112 Å². The SMILES string of the molecule is Cc1cc(C)cc(CNCC(O)c2ccsc2)c1. The highest BCUT2D eigenvalue weighted by Gasteiger charge is 2.06.